The van der Waals surface area contributed by atoms with Gasteiger partial charge in [0.15, 0.2) is 0 Å². The number of hydrogen-bond acceptors (Lipinski definition) is 7. The van der Waals surface area contributed by atoms with Crippen LogP contribution in [-0.4, -0.2) is 20.0 Å². The van der Waals surface area contributed by atoms with Crippen molar-refractivity contribution in [2.75, 3.05) is 5.73 Å². The first-order valence-corrected chi connectivity index (χ1v) is 8.25. The quantitative estimate of drug-likeness (QED) is 0.721. The first-order chi connectivity index (χ1) is 12.1. The van der Waals surface area contributed by atoms with Gasteiger partial charge in [0.1, 0.15) is 23.0 Å². The number of hydrogen-bond donors (Lipinski definition) is 1. The molecule has 0 aliphatic rings. The number of nitriles is 2. The number of aromatic nitrogens is 4. The minimum atomic E-state index is -0.0932. The van der Waals surface area contributed by atoms with Gasteiger partial charge < -0.3 is 5.73 Å². The summed E-state index contributed by atoms with van der Waals surface area (Å²) >= 11 is 1.35. The van der Waals surface area contributed by atoms with Crippen molar-refractivity contribution in [3.8, 4) is 17.8 Å². The lowest BCUT2D eigenvalue weighted by molar-refractivity contribution is 0.797. The molecule has 0 unspecified atom stereocenters. The second kappa shape index (κ2) is 7.04. The molecule has 1 atom stereocenters. The molecule has 0 bridgehead atoms. The molecule has 0 spiro atoms. The van der Waals surface area contributed by atoms with Gasteiger partial charge in [-0.25, -0.2) is 9.67 Å². The van der Waals surface area contributed by atoms with Crippen molar-refractivity contribution in [3.05, 3.63) is 59.4 Å². The van der Waals surface area contributed by atoms with Gasteiger partial charge >= 0.3 is 0 Å². The van der Waals surface area contributed by atoms with Gasteiger partial charge in [-0.05, 0) is 25.1 Å². The summed E-state index contributed by atoms with van der Waals surface area (Å²) in [4.78, 5) is 4.19. The molecule has 2 heterocycles. The SMILES string of the molecule is C[C@H](Sc1nc(N)c(C#N)cc1C#N)c1cn(-c2ccccc2)nn1. The number of para-hydroxylation sites is 1. The molecule has 122 valence electrons. The number of rotatable bonds is 4. The Kier molecular flexibility index (Phi) is 4.64. The molecule has 0 saturated carbocycles. The Morgan fingerprint density at radius 3 is 2.56 bits per heavy atom. The summed E-state index contributed by atoms with van der Waals surface area (Å²) in [6, 6.07) is 15.1. The third kappa shape index (κ3) is 3.44. The monoisotopic (exact) mass is 347 g/mol. The van der Waals surface area contributed by atoms with Crippen molar-refractivity contribution in [1.29, 1.82) is 10.5 Å². The molecule has 0 amide bonds. The van der Waals surface area contributed by atoms with Gasteiger partial charge in [-0.15, -0.1) is 5.10 Å². The lowest BCUT2D eigenvalue weighted by Crippen LogP contribution is -2.00. The number of pyridine rings is 1. The Morgan fingerprint density at radius 2 is 1.88 bits per heavy atom. The van der Waals surface area contributed by atoms with Gasteiger partial charge in [0, 0.05) is 0 Å². The lowest BCUT2D eigenvalue weighted by Gasteiger charge is -2.09. The zero-order valence-corrected chi connectivity index (χ0v) is 14.1. The Hall–Kier alpha value is -3.36. The van der Waals surface area contributed by atoms with Crippen LogP contribution in [0.1, 0.15) is 29.0 Å². The number of thioether (sulfide) groups is 1. The first-order valence-electron chi connectivity index (χ1n) is 7.37. The molecule has 2 aromatic heterocycles. The molecule has 0 aliphatic carbocycles. The minimum Gasteiger partial charge on any atom is -0.383 e. The number of nitrogens with zero attached hydrogens (tertiary/aromatic N) is 6. The van der Waals surface area contributed by atoms with Crippen LogP contribution in [-0.2, 0) is 0 Å². The largest absolute Gasteiger partial charge is 0.383 e. The molecule has 0 saturated heterocycles. The van der Waals surface area contributed by atoms with Crippen molar-refractivity contribution in [2.24, 2.45) is 0 Å². The molecule has 0 aliphatic heterocycles. The van der Waals surface area contributed by atoms with E-state index in [1.807, 2.05) is 49.5 Å². The fraction of sp³-hybridized carbons (Fsp3) is 0.118. The first kappa shape index (κ1) is 16.5. The molecule has 3 rings (SSSR count). The fourth-order valence-electron chi connectivity index (χ4n) is 2.17. The Bertz CT molecular complexity index is 982. The number of anilines is 1. The summed E-state index contributed by atoms with van der Waals surface area (Å²) in [7, 11) is 0. The van der Waals surface area contributed by atoms with E-state index in [0.717, 1.165) is 11.4 Å². The lowest BCUT2D eigenvalue weighted by atomic mass is 10.2. The maximum atomic E-state index is 9.28. The van der Waals surface area contributed by atoms with E-state index in [1.54, 1.807) is 4.68 Å². The van der Waals surface area contributed by atoms with E-state index in [4.69, 9.17) is 11.0 Å². The van der Waals surface area contributed by atoms with E-state index < -0.39 is 0 Å². The molecular weight excluding hydrogens is 334 g/mol. The summed E-state index contributed by atoms with van der Waals surface area (Å²) in [5, 5.41) is 27.0. The van der Waals surface area contributed by atoms with Crippen LogP contribution in [0.25, 0.3) is 5.69 Å². The van der Waals surface area contributed by atoms with Gasteiger partial charge in [0.05, 0.1) is 34.0 Å². The molecule has 3 aromatic rings. The second-order valence-electron chi connectivity index (χ2n) is 5.18. The molecule has 8 heteroatoms. The second-order valence-corrected chi connectivity index (χ2v) is 6.51. The molecule has 1 aromatic carbocycles. The maximum absolute atomic E-state index is 9.28. The van der Waals surface area contributed by atoms with E-state index in [2.05, 4.69) is 21.4 Å². The van der Waals surface area contributed by atoms with E-state index in [9.17, 15) is 5.26 Å². The highest BCUT2D eigenvalue weighted by Gasteiger charge is 2.17. The minimum absolute atomic E-state index is 0.0932. The predicted octanol–water partition coefficient (Wildman–Crippen LogP) is 2.84. The van der Waals surface area contributed by atoms with E-state index in [0.29, 0.717) is 10.6 Å². The molecule has 7 nitrogen and oxygen atoms in total. The van der Waals surface area contributed by atoms with Gasteiger partial charge in [-0.2, -0.15) is 10.5 Å². The van der Waals surface area contributed by atoms with Crippen LogP contribution in [0.5, 0.6) is 0 Å². The summed E-state index contributed by atoms with van der Waals surface area (Å²) in [5.74, 6) is 0.115. The van der Waals surface area contributed by atoms with Crippen molar-refractivity contribution in [2.45, 2.75) is 17.2 Å². The summed E-state index contributed by atoms with van der Waals surface area (Å²) in [6.45, 7) is 1.95. The number of benzene rings is 1. The maximum Gasteiger partial charge on any atom is 0.142 e. The highest BCUT2D eigenvalue weighted by molar-refractivity contribution is 7.99. The Balaban J connectivity index is 1.85. The topological polar surface area (TPSA) is 117 Å². The average molecular weight is 347 g/mol. The standard InChI is InChI=1S/C17H13N7S/c1-11(15-10-24(23-22-15)14-5-3-2-4-6-14)25-17-13(9-19)7-12(8-18)16(20)21-17/h2-7,10-11H,1H3,(H2,20,21)/t11-/m0/s1. The van der Waals surface area contributed by atoms with Crippen LogP contribution in [0, 0.1) is 22.7 Å². The van der Waals surface area contributed by atoms with Gasteiger partial charge in [-0.3, -0.25) is 0 Å². The third-order valence-electron chi connectivity index (χ3n) is 3.49. The summed E-state index contributed by atoms with van der Waals surface area (Å²) in [6.07, 6.45) is 1.84. The average Bonchev–Trinajstić information content (AvgIpc) is 3.13. The van der Waals surface area contributed by atoms with Crippen molar-refractivity contribution in [1.82, 2.24) is 20.0 Å². The fourth-order valence-corrected chi connectivity index (χ4v) is 3.11. The van der Waals surface area contributed by atoms with E-state index in [-0.39, 0.29) is 16.6 Å². The van der Waals surface area contributed by atoms with Gasteiger partial charge in [0.2, 0.25) is 0 Å². The zero-order chi connectivity index (χ0) is 17.8. The number of nitrogens with two attached hydrogens (primary N) is 1. The molecule has 0 fully saturated rings. The Morgan fingerprint density at radius 1 is 1.16 bits per heavy atom. The van der Waals surface area contributed by atoms with E-state index >= 15 is 0 Å². The predicted molar refractivity (Wildman–Crippen MR) is 93.7 cm³/mol. The highest BCUT2D eigenvalue weighted by atomic mass is 32.2. The Labute approximate surface area is 148 Å². The molecule has 25 heavy (non-hydrogen) atoms. The third-order valence-corrected chi connectivity index (χ3v) is 4.62. The zero-order valence-electron chi connectivity index (χ0n) is 13.3. The van der Waals surface area contributed by atoms with Gasteiger partial charge in [0.25, 0.3) is 0 Å². The van der Waals surface area contributed by atoms with E-state index in [1.165, 1.54) is 17.8 Å². The van der Waals surface area contributed by atoms with Crippen molar-refractivity contribution < 1.29 is 0 Å². The van der Waals surface area contributed by atoms with Crippen LogP contribution in [0.15, 0.2) is 47.6 Å². The van der Waals surface area contributed by atoms with Crippen molar-refractivity contribution in [3.63, 3.8) is 0 Å². The summed E-state index contributed by atoms with van der Waals surface area (Å²) < 4.78 is 1.69. The van der Waals surface area contributed by atoms with Crippen molar-refractivity contribution >= 4 is 17.6 Å². The highest BCUT2D eigenvalue weighted by Crippen LogP contribution is 2.35. The normalized spacial score (nSPS) is 11.5. The number of nitrogen functional groups attached to an aromatic ring is 1. The van der Waals surface area contributed by atoms with Crippen LogP contribution in [0.4, 0.5) is 5.82 Å². The van der Waals surface area contributed by atoms with Gasteiger partial charge in [-0.1, -0.05) is 35.2 Å². The molecule has 0 radical (unpaired) electrons. The molecular formula is C17H13N7S. The van der Waals surface area contributed by atoms with Crippen LogP contribution >= 0.6 is 11.8 Å². The van der Waals surface area contributed by atoms with Crippen LogP contribution in [0.2, 0.25) is 0 Å². The molecule has 2 N–H and O–H groups in total. The summed E-state index contributed by atoms with van der Waals surface area (Å²) in [5.41, 5.74) is 7.94. The van der Waals surface area contributed by atoms with Crippen LogP contribution in [0.3, 0.4) is 0 Å². The van der Waals surface area contributed by atoms with Crippen LogP contribution < -0.4 is 5.73 Å². The smallest absolute Gasteiger partial charge is 0.142 e.